The van der Waals surface area contributed by atoms with Gasteiger partial charge in [-0.1, -0.05) is 0 Å². The lowest BCUT2D eigenvalue weighted by atomic mass is 9.97. The van der Waals surface area contributed by atoms with E-state index in [2.05, 4.69) is 13.8 Å². The normalized spacial score (nSPS) is 14.9. The van der Waals surface area contributed by atoms with E-state index in [-0.39, 0.29) is 24.3 Å². The number of rotatable bonds is 23. The smallest absolute Gasteiger partial charge is 0.157 e. The largest absolute Gasteiger partial charge is 0.371 e. The SMILES string of the molecule is CCOC(CCPCCC(CN)(CCPCCC(OCC)OCC)OC(C)C)OCC. The van der Waals surface area contributed by atoms with Crippen LogP contribution in [0.15, 0.2) is 0 Å². The Balaban J connectivity index is 4.39. The first-order chi connectivity index (χ1) is 15.0. The van der Waals surface area contributed by atoms with Crippen LogP contribution in [0.4, 0.5) is 0 Å². The van der Waals surface area contributed by atoms with E-state index in [9.17, 15) is 0 Å². The van der Waals surface area contributed by atoms with Gasteiger partial charge in [-0.25, -0.2) is 0 Å². The molecule has 0 saturated heterocycles. The van der Waals surface area contributed by atoms with Crippen LogP contribution in [0.3, 0.4) is 0 Å². The zero-order chi connectivity index (χ0) is 23.4. The molecule has 0 aliphatic carbocycles. The third-order valence-electron chi connectivity index (χ3n) is 4.90. The molecule has 0 spiro atoms. The lowest BCUT2D eigenvalue weighted by Crippen LogP contribution is -2.43. The highest BCUT2D eigenvalue weighted by atomic mass is 31.1. The second kappa shape index (κ2) is 21.2. The van der Waals surface area contributed by atoms with Crippen LogP contribution in [0.5, 0.6) is 0 Å². The first kappa shape index (κ1) is 31.6. The van der Waals surface area contributed by atoms with Gasteiger partial charge in [-0.3, -0.25) is 0 Å². The second-order valence-electron chi connectivity index (χ2n) is 7.81. The molecular weight excluding hydrogens is 432 g/mol. The summed E-state index contributed by atoms with van der Waals surface area (Å²) < 4.78 is 29.0. The Kier molecular flexibility index (Phi) is 21.6. The van der Waals surface area contributed by atoms with E-state index in [1.807, 2.05) is 27.7 Å². The van der Waals surface area contributed by atoms with Crippen molar-refractivity contribution >= 4 is 17.2 Å². The average Bonchev–Trinajstić information content (AvgIpc) is 2.73. The third-order valence-corrected chi connectivity index (χ3v) is 7.39. The molecule has 188 valence electrons. The van der Waals surface area contributed by atoms with Crippen LogP contribution < -0.4 is 5.73 Å². The molecule has 2 unspecified atom stereocenters. The maximum atomic E-state index is 6.38. The van der Waals surface area contributed by atoms with Gasteiger partial charge in [0.1, 0.15) is 0 Å². The van der Waals surface area contributed by atoms with Crippen molar-refractivity contribution in [2.75, 3.05) is 57.6 Å². The lowest BCUT2D eigenvalue weighted by molar-refractivity contribution is -0.136. The third kappa shape index (κ3) is 16.8. The van der Waals surface area contributed by atoms with Crippen molar-refractivity contribution in [2.45, 2.75) is 91.5 Å². The molecule has 0 saturated carbocycles. The predicted molar refractivity (Wildman–Crippen MR) is 137 cm³/mol. The zero-order valence-corrected chi connectivity index (χ0v) is 23.0. The van der Waals surface area contributed by atoms with Crippen molar-refractivity contribution in [2.24, 2.45) is 5.73 Å². The lowest BCUT2D eigenvalue weighted by Gasteiger charge is -2.35. The Morgan fingerprint density at radius 3 is 1.35 bits per heavy atom. The summed E-state index contributed by atoms with van der Waals surface area (Å²) in [6.45, 7) is 15.7. The summed E-state index contributed by atoms with van der Waals surface area (Å²) in [5.74, 6) is 0. The summed E-state index contributed by atoms with van der Waals surface area (Å²) in [4.78, 5) is 0. The van der Waals surface area contributed by atoms with E-state index in [4.69, 9.17) is 29.4 Å². The molecule has 0 aliphatic heterocycles. The number of hydrogen-bond donors (Lipinski definition) is 1. The van der Waals surface area contributed by atoms with Crippen molar-refractivity contribution in [1.29, 1.82) is 0 Å². The minimum absolute atomic E-state index is 0.0629. The van der Waals surface area contributed by atoms with Crippen LogP contribution in [0.2, 0.25) is 0 Å². The van der Waals surface area contributed by atoms with E-state index in [1.54, 1.807) is 0 Å². The second-order valence-corrected chi connectivity index (χ2v) is 10.8. The molecule has 0 radical (unpaired) electrons. The molecule has 0 aromatic carbocycles. The highest BCUT2D eigenvalue weighted by Crippen LogP contribution is 2.30. The van der Waals surface area contributed by atoms with Gasteiger partial charge >= 0.3 is 0 Å². The van der Waals surface area contributed by atoms with Gasteiger partial charge in [-0.05, 0) is 79.0 Å². The minimum Gasteiger partial charge on any atom is -0.371 e. The van der Waals surface area contributed by atoms with Crippen molar-refractivity contribution < 1.29 is 23.7 Å². The monoisotopic (exact) mass is 483 g/mol. The van der Waals surface area contributed by atoms with Crippen LogP contribution in [-0.4, -0.2) is 81.9 Å². The summed E-state index contributed by atoms with van der Waals surface area (Å²) in [6.07, 6.45) is 8.60. The fraction of sp³-hybridized carbons (Fsp3) is 1.00. The van der Waals surface area contributed by atoms with E-state index >= 15 is 0 Å². The van der Waals surface area contributed by atoms with Crippen molar-refractivity contribution in [3.05, 3.63) is 0 Å². The maximum Gasteiger partial charge on any atom is 0.157 e. The van der Waals surface area contributed by atoms with Crippen molar-refractivity contribution in [1.82, 2.24) is 0 Å². The van der Waals surface area contributed by atoms with Gasteiger partial charge in [0.25, 0.3) is 0 Å². The summed E-state index contributed by atoms with van der Waals surface area (Å²) >= 11 is 0. The Hall–Kier alpha value is 0.620. The molecule has 0 amide bonds. The summed E-state index contributed by atoms with van der Waals surface area (Å²) in [5.41, 5.74) is 6.04. The Labute approximate surface area is 196 Å². The van der Waals surface area contributed by atoms with Gasteiger partial charge in [0.15, 0.2) is 12.6 Å². The van der Waals surface area contributed by atoms with Crippen LogP contribution in [0.25, 0.3) is 0 Å². The first-order valence-corrected chi connectivity index (χ1v) is 15.0. The fourth-order valence-electron chi connectivity index (χ4n) is 3.49. The van der Waals surface area contributed by atoms with E-state index < -0.39 is 0 Å². The summed E-state index contributed by atoms with van der Waals surface area (Å²) in [7, 11) is 1.76. The molecule has 8 heteroatoms. The van der Waals surface area contributed by atoms with E-state index in [0.717, 1.165) is 67.5 Å². The van der Waals surface area contributed by atoms with Gasteiger partial charge < -0.3 is 29.4 Å². The minimum atomic E-state index is -0.202. The molecule has 0 aromatic rings. The van der Waals surface area contributed by atoms with Crippen LogP contribution >= 0.6 is 17.2 Å². The fourth-order valence-corrected chi connectivity index (χ4v) is 6.13. The standard InChI is InChI=1S/C23H51NO5P2/c1-7-25-21(26-8-2)11-15-30-17-13-23(19-24,29-20(5)6)14-18-31-16-12-22(27-9-3)28-10-4/h20-22,30-31H,7-19,24H2,1-6H3. The predicted octanol–water partition coefficient (Wildman–Crippen LogP) is 4.82. The topological polar surface area (TPSA) is 72.2 Å². The quantitative estimate of drug-likeness (QED) is 0.128. The molecule has 0 aromatic heterocycles. The van der Waals surface area contributed by atoms with Crippen molar-refractivity contribution in [3.63, 3.8) is 0 Å². The van der Waals surface area contributed by atoms with Gasteiger partial charge in [0, 0.05) is 45.8 Å². The molecule has 0 aliphatic rings. The molecular formula is C23H51NO5P2. The van der Waals surface area contributed by atoms with E-state index in [0.29, 0.717) is 33.0 Å². The molecule has 0 heterocycles. The molecule has 31 heavy (non-hydrogen) atoms. The molecule has 2 N–H and O–H groups in total. The molecule has 6 nitrogen and oxygen atoms in total. The average molecular weight is 484 g/mol. The zero-order valence-electron chi connectivity index (χ0n) is 21.0. The molecule has 0 bridgehead atoms. The highest BCUT2D eigenvalue weighted by molar-refractivity contribution is 7.38. The number of nitrogens with two attached hydrogens (primary N) is 1. The maximum absolute atomic E-state index is 6.38. The first-order valence-electron chi connectivity index (χ1n) is 12.2. The Morgan fingerprint density at radius 1 is 0.677 bits per heavy atom. The van der Waals surface area contributed by atoms with Gasteiger partial charge in [-0.15, -0.1) is 17.2 Å². The Morgan fingerprint density at radius 2 is 1.06 bits per heavy atom. The van der Waals surface area contributed by atoms with Gasteiger partial charge in [0.2, 0.25) is 0 Å². The number of hydrogen-bond acceptors (Lipinski definition) is 6. The number of ether oxygens (including phenoxy) is 5. The van der Waals surface area contributed by atoms with Crippen molar-refractivity contribution in [3.8, 4) is 0 Å². The molecule has 0 fully saturated rings. The summed E-state index contributed by atoms with van der Waals surface area (Å²) in [6, 6.07) is 0. The highest BCUT2D eigenvalue weighted by Gasteiger charge is 2.29. The Bertz CT molecular complexity index is 353. The van der Waals surface area contributed by atoms with Crippen LogP contribution in [0.1, 0.15) is 67.2 Å². The van der Waals surface area contributed by atoms with Crippen LogP contribution in [0, 0.1) is 0 Å². The van der Waals surface area contributed by atoms with Gasteiger partial charge in [0.05, 0.1) is 11.7 Å². The van der Waals surface area contributed by atoms with Crippen LogP contribution in [-0.2, 0) is 23.7 Å². The van der Waals surface area contributed by atoms with E-state index in [1.165, 1.54) is 0 Å². The summed E-state index contributed by atoms with van der Waals surface area (Å²) in [5, 5.41) is 0. The molecule has 2 atom stereocenters. The molecule has 0 rings (SSSR count). The van der Waals surface area contributed by atoms with Gasteiger partial charge in [-0.2, -0.15) is 0 Å².